The zero-order chi connectivity index (χ0) is 44.3. The molecule has 1 heterocycles. The van der Waals surface area contributed by atoms with Crippen LogP contribution in [0.2, 0.25) is 0 Å². The molecule has 0 radical (unpaired) electrons. The van der Waals surface area contributed by atoms with Gasteiger partial charge in [-0.3, -0.25) is 4.21 Å². The van der Waals surface area contributed by atoms with E-state index >= 15 is 0 Å². The second-order valence-electron chi connectivity index (χ2n) is 15.3. The smallest absolute Gasteiger partial charge is 0.768 e. The first-order valence-electron chi connectivity index (χ1n) is 20.4. The fourth-order valence-corrected chi connectivity index (χ4v) is 11.3. The first-order chi connectivity index (χ1) is 30.4. The third-order valence-corrected chi connectivity index (χ3v) is 14.5. The van der Waals surface area contributed by atoms with E-state index in [1.165, 1.54) is 11.0 Å². The van der Waals surface area contributed by atoms with E-state index < -0.39 is 21.2 Å². The van der Waals surface area contributed by atoms with E-state index in [0.717, 1.165) is 55.3 Å². The first kappa shape index (κ1) is 48.1. The van der Waals surface area contributed by atoms with Crippen molar-refractivity contribution in [2.45, 2.75) is 47.3 Å². The first-order valence-corrected chi connectivity index (χ1v) is 24.9. The molecule has 0 spiro atoms. The van der Waals surface area contributed by atoms with Gasteiger partial charge < -0.3 is 18.4 Å². The summed E-state index contributed by atoms with van der Waals surface area (Å²) >= 11 is 1.10. The van der Waals surface area contributed by atoms with Gasteiger partial charge in [-0.1, -0.05) is 72.8 Å². The molecular formula is C51H45KN2O6S4. The Morgan fingerprint density at radius 1 is 0.672 bits per heavy atom. The average Bonchev–Trinajstić information content (AvgIpc) is 3.27. The van der Waals surface area contributed by atoms with Crippen molar-refractivity contribution in [3.63, 3.8) is 0 Å². The Balaban J connectivity index is 0.00000612. The summed E-state index contributed by atoms with van der Waals surface area (Å²) < 4.78 is 71.9. The van der Waals surface area contributed by atoms with Crippen molar-refractivity contribution in [3.8, 4) is 22.5 Å². The second-order valence-corrected chi connectivity index (χ2v) is 19.9. The summed E-state index contributed by atoms with van der Waals surface area (Å²) in [5.74, 6) is 2.00. The standard InChI is InChI=1S/C51H46N2O6S4.K/c1-34-14-13-15-35(2)50(34)52(26-28-60-40-16-7-5-8-17-40)38-22-24-43-46(32-38)59-47-33-39(23-25-44(47)49(43)45-20-11-12-21-48(45)63(56,57)58)53(27-29-61-41-18-9-6-10-19-41)51-36(3)30-42(62(54)55)31-37(51)4;/h5-25,30-33H,26-29H2,1-4H3,(H-,54,55,56,57,58);/q;+1/p-1. The van der Waals surface area contributed by atoms with Crippen LogP contribution in [0.1, 0.15) is 22.3 Å². The third-order valence-electron chi connectivity index (χ3n) is 11.0. The third kappa shape index (κ3) is 10.7. The Labute approximate surface area is 428 Å². The molecule has 1 aliphatic heterocycles. The van der Waals surface area contributed by atoms with E-state index in [1.807, 2.05) is 86.6 Å². The van der Waals surface area contributed by atoms with Crippen LogP contribution in [0, 0.1) is 27.7 Å². The predicted octanol–water partition coefficient (Wildman–Crippen LogP) is 8.41. The fourth-order valence-electron chi connectivity index (χ4n) is 8.34. The Morgan fingerprint density at radius 3 is 1.91 bits per heavy atom. The topological polar surface area (TPSA) is 117 Å². The van der Waals surface area contributed by atoms with Gasteiger partial charge in [0.2, 0.25) is 11.0 Å². The number of aryl methyl sites for hydroxylation is 4. The van der Waals surface area contributed by atoms with E-state index in [0.29, 0.717) is 46.7 Å². The Morgan fingerprint density at radius 2 is 1.28 bits per heavy atom. The van der Waals surface area contributed by atoms with Gasteiger partial charge in [0.25, 0.3) is 0 Å². The van der Waals surface area contributed by atoms with Crippen LogP contribution in [-0.2, 0) is 21.2 Å². The van der Waals surface area contributed by atoms with Crippen molar-refractivity contribution in [1.29, 1.82) is 0 Å². The maximum absolute atomic E-state index is 12.9. The minimum absolute atomic E-state index is 0. The number of thioether (sulfide) groups is 2. The maximum atomic E-state index is 12.9. The Hall–Kier alpha value is -3.83. The van der Waals surface area contributed by atoms with Crippen LogP contribution in [0.3, 0.4) is 0 Å². The Bertz CT molecular complexity index is 3100. The fraction of sp³-hybridized carbons (Fsp3) is 0.157. The number of hydrogen-bond donors (Lipinski definition) is 0. The molecule has 6 aromatic rings. The van der Waals surface area contributed by atoms with E-state index in [-0.39, 0.29) is 66.7 Å². The van der Waals surface area contributed by atoms with Gasteiger partial charge in [0.15, 0.2) is 6.54 Å². The van der Waals surface area contributed by atoms with Crippen molar-refractivity contribution < 1.29 is 77.5 Å². The van der Waals surface area contributed by atoms with Crippen LogP contribution < -0.4 is 66.2 Å². The predicted molar refractivity (Wildman–Crippen MR) is 256 cm³/mol. The van der Waals surface area contributed by atoms with Crippen molar-refractivity contribution in [2.75, 3.05) is 29.5 Å². The molecular weight excluding hydrogens is 904 g/mol. The van der Waals surface area contributed by atoms with Crippen molar-refractivity contribution in [3.05, 3.63) is 179 Å². The van der Waals surface area contributed by atoms with Gasteiger partial charge in [-0.25, -0.2) is 8.42 Å². The molecule has 0 saturated carbocycles. The van der Waals surface area contributed by atoms with E-state index in [4.69, 9.17) is 4.42 Å². The molecule has 0 amide bonds. The molecule has 0 aromatic heterocycles. The van der Waals surface area contributed by atoms with Crippen LogP contribution in [-0.4, -0.2) is 46.3 Å². The number of hydrogen-bond acceptors (Lipinski definition) is 9. The average molecular weight is 949 g/mol. The number of anilines is 2. The van der Waals surface area contributed by atoms with Gasteiger partial charge >= 0.3 is 51.4 Å². The van der Waals surface area contributed by atoms with Crippen LogP contribution in [0.4, 0.5) is 17.1 Å². The molecule has 64 heavy (non-hydrogen) atoms. The largest absolute Gasteiger partial charge is 1.00 e. The maximum Gasteiger partial charge on any atom is 1.00 e. The van der Waals surface area contributed by atoms with E-state index in [2.05, 4.69) is 65.8 Å². The summed E-state index contributed by atoms with van der Waals surface area (Å²) in [5, 5.41) is 1.45. The van der Waals surface area contributed by atoms with E-state index in [9.17, 15) is 21.7 Å². The summed E-state index contributed by atoms with van der Waals surface area (Å²) in [4.78, 5) is 4.52. The minimum Gasteiger partial charge on any atom is -0.768 e. The summed E-state index contributed by atoms with van der Waals surface area (Å²) in [6, 6.07) is 48.3. The zero-order valence-electron chi connectivity index (χ0n) is 36.2. The summed E-state index contributed by atoms with van der Waals surface area (Å²) in [6.07, 6.45) is 0. The van der Waals surface area contributed by atoms with Gasteiger partial charge in [0, 0.05) is 83.7 Å². The molecule has 320 valence electrons. The number of rotatable bonds is 14. The van der Waals surface area contributed by atoms with Crippen LogP contribution in [0.15, 0.2) is 176 Å². The second kappa shape index (κ2) is 21.2. The SMILES string of the molecule is Cc1cccc(C)c1N(CCSc1ccccc1)c1ccc2c(-c3ccccc3S(=O)(=O)[O-])c3ccc(=[N+](CCSc4ccccc4)c4c(C)cc(S(=O)[O-])cc4C)cc-3oc2c1.[K+]. The minimum atomic E-state index is -4.88. The van der Waals surface area contributed by atoms with E-state index in [1.54, 1.807) is 53.9 Å². The Kier molecular flexibility index (Phi) is 15.9. The zero-order valence-corrected chi connectivity index (χ0v) is 42.6. The molecule has 6 aromatic carbocycles. The number of benzene rings is 7. The molecule has 0 N–H and O–H groups in total. The van der Waals surface area contributed by atoms with Gasteiger partial charge in [-0.2, -0.15) is 4.58 Å². The molecule has 8 nitrogen and oxygen atoms in total. The summed E-state index contributed by atoms with van der Waals surface area (Å²) in [6.45, 7) is 9.30. The molecule has 1 atom stereocenters. The molecule has 2 aliphatic rings. The van der Waals surface area contributed by atoms with Gasteiger partial charge in [-0.05, 0) is 111 Å². The van der Waals surface area contributed by atoms with Crippen LogP contribution in [0.5, 0.6) is 0 Å². The van der Waals surface area contributed by atoms with Crippen LogP contribution >= 0.6 is 23.5 Å². The van der Waals surface area contributed by atoms with Gasteiger partial charge in [-0.15, -0.1) is 23.5 Å². The normalized spacial score (nSPS) is 12.5. The van der Waals surface area contributed by atoms with Gasteiger partial charge in [0.05, 0.1) is 16.7 Å². The van der Waals surface area contributed by atoms with Gasteiger partial charge in [0.1, 0.15) is 21.5 Å². The number of para-hydroxylation sites is 1. The van der Waals surface area contributed by atoms with Crippen LogP contribution in [0.25, 0.3) is 33.4 Å². The van der Waals surface area contributed by atoms with Crippen molar-refractivity contribution in [2.24, 2.45) is 0 Å². The molecule has 1 unspecified atom stereocenters. The van der Waals surface area contributed by atoms with Crippen molar-refractivity contribution in [1.82, 2.24) is 4.58 Å². The molecule has 8 rings (SSSR count). The molecule has 1 aliphatic carbocycles. The number of fused-ring (bicyclic) bond motifs is 2. The molecule has 0 saturated heterocycles. The quantitative estimate of drug-likeness (QED) is 0.0265. The monoisotopic (exact) mass is 948 g/mol. The summed E-state index contributed by atoms with van der Waals surface area (Å²) in [7, 11) is -4.88. The number of nitrogens with zero attached hydrogens (tertiary/aromatic N) is 2. The van der Waals surface area contributed by atoms with Crippen molar-refractivity contribution >= 4 is 72.8 Å². The molecule has 0 fully saturated rings. The summed E-state index contributed by atoms with van der Waals surface area (Å²) in [5.41, 5.74) is 8.71. The molecule has 0 bridgehead atoms. The molecule has 13 heteroatoms.